The lowest BCUT2D eigenvalue weighted by molar-refractivity contribution is -0.143. The largest absolute Gasteiger partial charge is 0.466 e. The molecule has 3 N–H and O–H groups in total. The van der Waals surface area contributed by atoms with Crippen LogP contribution in [0.3, 0.4) is 0 Å². The molecule has 0 aromatic heterocycles. The highest BCUT2D eigenvalue weighted by atomic mass is 16.5. The Labute approximate surface area is 424 Å². The van der Waals surface area contributed by atoms with Gasteiger partial charge in [0, 0.05) is 12.8 Å². The number of aliphatic hydroxyl groups is 2. The van der Waals surface area contributed by atoms with Crippen LogP contribution in [-0.4, -0.2) is 47.4 Å². The van der Waals surface area contributed by atoms with E-state index in [0.717, 1.165) is 51.4 Å². The lowest BCUT2D eigenvalue weighted by Crippen LogP contribution is -2.45. The van der Waals surface area contributed by atoms with Gasteiger partial charge in [0.1, 0.15) is 0 Å². The Kier molecular flexibility index (Phi) is 56.0. The Hall–Kier alpha value is -1.92. The molecule has 0 radical (unpaired) electrons. The Morgan fingerprint density at radius 2 is 0.735 bits per heavy atom. The van der Waals surface area contributed by atoms with Crippen molar-refractivity contribution < 1.29 is 24.5 Å². The minimum atomic E-state index is -0.844. The molecule has 1 amide bonds. The van der Waals surface area contributed by atoms with Gasteiger partial charge in [-0.25, -0.2) is 0 Å². The Morgan fingerprint density at radius 1 is 0.412 bits per heavy atom. The Balaban J connectivity index is 3.40. The number of hydrogen-bond acceptors (Lipinski definition) is 5. The summed E-state index contributed by atoms with van der Waals surface area (Å²) in [7, 11) is 0. The van der Waals surface area contributed by atoms with Crippen molar-refractivity contribution in [2.24, 2.45) is 0 Å². The van der Waals surface area contributed by atoms with E-state index >= 15 is 0 Å². The molecule has 0 aliphatic rings. The summed E-state index contributed by atoms with van der Waals surface area (Å²) in [6.45, 7) is 4.88. The maximum absolute atomic E-state index is 12.5. The van der Waals surface area contributed by atoms with E-state index in [1.165, 1.54) is 244 Å². The van der Waals surface area contributed by atoms with Crippen molar-refractivity contribution in [3.8, 4) is 0 Å². The molecule has 2 unspecified atom stereocenters. The van der Waals surface area contributed by atoms with E-state index in [-0.39, 0.29) is 18.5 Å². The molecule has 0 aromatic carbocycles. The first-order valence-corrected chi connectivity index (χ1v) is 30.3. The molecule has 0 heterocycles. The van der Waals surface area contributed by atoms with Crippen LogP contribution in [0.1, 0.15) is 322 Å². The van der Waals surface area contributed by atoms with Gasteiger partial charge in [0.25, 0.3) is 0 Å². The van der Waals surface area contributed by atoms with E-state index in [1.807, 2.05) is 6.08 Å². The molecule has 400 valence electrons. The minimum absolute atomic E-state index is 0.00143. The molecule has 0 aromatic rings. The Morgan fingerprint density at radius 3 is 1.15 bits per heavy atom. The molecule has 0 saturated carbocycles. The van der Waals surface area contributed by atoms with E-state index in [0.29, 0.717) is 19.4 Å². The molecule has 0 rings (SSSR count). The zero-order chi connectivity index (χ0) is 49.3. The topological polar surface area (TPSA) is 95.9 Å². The van der Waals surface area contributed by atoms with Crippen LogP contribution in [0.15, 0.2) is 36.5 Å². The van der Waals surface area contributed by atoms with Gasteiger partial charge in [0.2, 0.25) is 5.91 Å². The van der Waals surface area contributed by atoms with Crippen LogP contribution in [0.2, 0.25) is 0 Å². The van der Waals surface area contributed by atoms with Gasteiger partial charge >= 0.3 is 5.97 Å². The first-order valence-electron chi connectivity index (χ1n) is 30.3. The number of esters is 1. The number of amides is 1. The predicted octanol–water partition coefficient (Wildman–Crippen LogP) is 18.8. The molecule has 0 aliphatic carbocycles. The molecule has 0 bridgehead atoms. The number of carbonyl (C=O) groups is 2. The van der Waals surface area contributed by atoms with Gasteiger partial charge < -0.3 is 20.3 Å². The number of allylic oxidation sites excluding steroid dienone is 5. The van der Waals surface area contributed by atoms with Gasteiger partial charge in [-0.05, 0) is 64.2 Å². The van der Waals surface area contributed by atoms with Gasteiger partial charge in [0.15, 0.2) is 0 Å². The highest BCUT2D eigenvalue weighted by Crippen LogP contribution is 2.17. The standard InChI is InChI=1S/C62H117NO5/c1-3-5-7-9-11-13-15-17-27-32-36-40-44-48-52-56-62(67)68-57-53-49-45-41-37-33-29-26-24-22-20-19-21-23-25-28-31-35-39-43-47-51-55-61(66)63-59(58-64)60(65)54-50-46-42-38-34-30-18-16-14-12-10-8-6-4-2/h11,13,17,27,50,54,59-60,64-65H,3-10,12,14-16,18-26,28-49,51-53,55-58H2,1-2H3,(H,63,66)/b13-11-,27-17-,54-50+. The number of ether oxygens (including phenoxy) is 1. The van der Waals surface area contributed by atoms with E-state index in [4.69, 9.17) is 4.74 Å². The number of carbonyl (C=O) groups excluding carboxylic acids is 2. The maximum Gasteiger partial charge on any atom is 0.305 e. The van der Waals surface area contributed by atoms with Gasteiger partial charge in [-0.1, -0.05) is 281 Å². The fraction of sp³-hybridized carbons (Fsp3) is 0.871. The fourth-order valence-electron chi connectivity index (χ4n) is 9.25. The third-order valence-corrected chi connectivity index (χ3v) is 13.9. The van der Waals surface area contributed by atoms with Crippen molar-refractivity contribution in [2.45, 2.75) is 334 Å². The summed E-state index contributed by atoms with van der Waals surface area (Å²) in [5.74, 6) is -0.0692. The van der Waals surface area contributed by atoms with Crippen LogP contribution in [0.25, 0.3) is 0 Å². The highest BCUT2D eigenvalue weighted by Gasteiger charge is 2.18. The van der Waals surface area contributed by atoms with Crippen molar-refractivity contribution in [3.63, 3.8) is 0 Å². The average molecular weight is 957 g/mol. The van der Waals surface area contributed by atoms with Gasteiger partial charge in [0.05, 0.1) is 25.4 Å². The van der Waals surface area contributed by atoms with E-state index < -0.39 is 12.1 Å². The van der Waals surface area contributed by atoms with Crippen molar-refractivity contribution in [3.05, 3.63) is 36.5 Å². The summed E-state index contributed by atoms with van der Waals surface area (Å²) in [6.07, 6.45) is 71.7. The minimum Gasteiger partial charge on any atom is -0.466 e. The second-order valence-corrected chi connectivity index (χ2v) is 20.7. The van der Waals surface area contributed by atoms with Gasteiger partial charge in [-0.3, -0.25) is 9.59 Å². The zero-order valence-corrected chi connectivity index (χ0v) is 45.6. The Bertz CT molecular complexity index is 1100. The molecule has 68 heavy (non-hydrogen) atoms. The number of hydrogen-bond donors (Lipinski definition) is 3. The number of rotatable bonds is 56. The van der Waals surface area contributed by atoms with Crippen LogP contribution in [0, 0.1) is 0 Å². The van der Waals surface area contributed by atoms with Crippen molar-refractivity contribution in [1.29, 1.82) is 0 Å². The van der Waals surface area contributed by atoms with E-state index in [9.17, 15) is 19.8 Å². The van der Waals surface area contributed by atoms with Gasteiger partial charge in [-0.2, -0.15) is 0 Å². The van der Waals surface area contributed by atoms with Crippen molar-refractivity contribution in [1.82, 2.24) is 5.32 Å². The van der Waals surface area contributed by atoms with E-state index in [2.05, 4.69) is 43.5 Å². The molecule has 0 spiro atoms. The average Bonchev–Trinajstić information content (AvgIpc) is 3.34. The molecule has 0 fully saturated rings. The first kappa shape index (κ1) is 66.1. The summed E-state index contributed by atoms with van der Waals surface area (Å²) < 4.78 is 5.48. The van der Waals surface area contributed by atoms with Crippen LogP contribution in [0.5, 0.6) is 0 Å². The number of unbranched alkanes of at least 4 members (excludes halogenated alkanes) is 41. The molecule has 6 nitrogen and oxygen atoms in total. The molecular formula is C62H117NO5. The molecule has 0 saturated heterocycles. The first-order chi connectivity index (χ1) is 33.5. The van der Waals surface area contributed by atoms with Crippen LogP contribution >= 0.6 is 0 Å². The summed E-state index contributed by atoms with van der Waals surface area (Å²) in [4.78, 5) is 24.5. The normalized spacial score (nSPS) is 12.8. The third kappa shape index (κ3) is 53.4. The highest BCUT2D eigenvalue weighted by molar-refractivity contribution is 5.76. The lowest BCUT2D eigenvalue weighted by atomic mass is 10.0. The number of nitrogens with one attached hydrogen (secondary N) is 1. The smallest absolute Gasteiger partial charge is 0.305 e. The second-order valence-electron chi connectivity index (χ2n) is 20.7. The van der Waals surface area contributed by atoms with Crippen LogP contribution < -0.4 is 5.32 Å². The quantitative estimate of drug-likeness (QED) is 0.0321. The summed E-state index contributed by atoms with van der Waals surface area (Å²) in [5, 5.41) is 23.1. The maximum atomic E-state index is 12.5. The summed E-state index contributed by atoms with van der Waals surface area (Å²) in [6, 6.07) is -0.628. The van der Waals surface area contributed by atoms with Crippen molar-refractivity contribution >= 4 is 11.9 Å². The van der Waals surface area contributed by atoms with Crippen molar-refractivity contribution in [2.75, 3.05) is 13.2 Å². The predicted molar refractivity (Wildman–Crippen MR) is 296 cm³/mol. The van der Waals surface area contributed by atoms with Crippen LogP contribution in [0.4, 0.5) is 0 Å². The van der Waals surface area contributed by atoms with Gasteiger partial charge in [-0.15, -0.1) is 0 Å². The summed E-state index contributed by atoms with van der Waals surface area (Å²) in [5.41, 5.74) is 0. The molecule has 6 heteroatoms. The second kappa shape index (κ2) is 57.7. The van der Waals surface area contributed by atoms with E-state index in [1.54, 1.807) is 6.08 Å². The summed E-state index contributed by atoms with van der Waals surface area (Å²) >= 11 is 0. The molecular weight excluding hydrogens is 839 g/mol. The third-order valence-electron chi connectivity index (χ3n) is 13.9. The molecule has 0 aliphatic heterocycles. The lowest BCUT2D eigenvalue weighted by Gasteiger charge is -2.20. The fourth-order valence-corrected chi connectivity index (χ4v) is 9.25. The SMILES string of the molecule is CCCCC/C=C\C/C=C\CCCCCCCC(=O)OCCCCCCCCCCCCCCCCCCCCCCCCC(=O)NC(CO)C(O)/C=C/CCCCCCCCCCCCCC. The van der Waals surface area contributed by atoms with Crippen LogP contribution in [-0.2, 0) is 14.3 Å². The zero-order valence-electron chi connectivity index (χ0n) is 45.6. The monoisotopic (exact) mass is 956 g/mol. The number of aliphatic hydroxyl groups excluding tert-OH is 2. The molecule has 2 atom stereocenters.